The van der Waals surface area contributed by atoms with Crippen molar-refractivity contribution in [2.24, 2.45) is 0 Å². The largest absolute Gasteiger partial charge is 0.493 e. The maximum absolute atomic E-state index is 11.8. The summed E-state index contributed by atoms with van der Waals surface area (Å²) in [5.74, 6) is 0.574. The summed E-state index contributed by atoms with van der Waals surface area (Å²) in [5, 5.41) is 3.64. The molecule has 0 radical (unpaired) electrons. The summed E-state index contributed by atoms with van der Waals surface area (Å²) in [7, 11) is 6.16. The maximum atomic E-state index is 11.8. The summed E-state index contributed by atoms with van der Waals surface area (Å²) in [5.41, 5.74) is 0.895. The molecule has 0 saturated heterocycles. The van der Waals surface area contributed by atoms with Crippen molar-refractivity contribution in [3.8, 4) is 11.5 Å². The lowest BCUT2D eigenvalue weighted by Gasteiger charge is -2.10. The number of benzene rings is 1. The van der Waals surface area contributed by atoms with E-state index in [1.165, 1.54) is 25.6 Å². The molecule has 102 valence electrons. The van der Waals surface area contributed by atoms with E-state index in [-0.39, 0.29) is 0 Å². The van der Waals surface area contributed by atoms with E-state index in [2.05, 4.69) is 10.3 Å². The molecule has 19 heavy (non-hydrogen) atoms. The molecule has 0 aliphatic carbocycles. The van der Waals surface area contributed by atoms with E-state index in [9.17, 15) is 4.79 Å². The Morgan fingerprint density at radius 3 is 2.58 bits per heavy atom. The predicted molar refractivity (Wildman–Crippen MR) is 73.6 cm³/mol. The van der Waals surface area contributed by atoms with Crippen LogP contribution in [0.4, 0.5) is 5.13 Å². The van der Waals surface area contributed by atoms with Gasteiger partial charge < -0.3 is 19.5 Å². The fraction of sp³-hybridized carbons (Fsp3) is 0.333. The molecule has 6 nitrogen and oxygen atoms in total. The minimum atomic E-state index is -0.459. The topological polar surface area (TPSA) is 69.7 Å². The van der Waals surface area contributed by atoms with E-state index in [1.54, 1.807) is 20.2 Å². The molecule has 2 aromatic rings. The van der Waals surface area contributed by atoms with Gasteiger partial charge in [-0.3, -0.25) is 0 Å². The smallest absolute Gasteiger partial charge is 0.340 e. The molecular formula is C12H14N2O4S. The first kappa shape index (κ1) is 13.4. The zero-order chi connectivity index (χ0) is 14.0. The van der Waals surface area contributed by atoms with E-state index in [0.717, 1.165) is 4.70 Å². The van der Waals surface area contributed by atoms with Crippen molar-refractivity contribution in [3.05, 3.63) is 11.6 Å². The lowest BCUT2D eigenvalue weighted by Crippen LogP contribution is -2.04. The SMILES string of the molecule is CNc1nc2c(C(=O)OC)cc(OC)c(OC)c2s1. The molecule has 0 spiro atoms. The number of rotatable bonds is 4. The van der Waals surface area contributed by atoms with Crippen LogP contribution in [0.25, 0.3) is 10.2 Å². The Morgan fingerprint density at radius 1 is 1.32 bits per heavy atom. The van der Waals surface area contributed by atoms with Gasteiger partial charge in [0.15, 0.2) is 16.6 Å². The Kier molecular flexibility index (Phi) is 3.75. The van der Waals surface area contributed by atoms with Crippen molar-refractivity contribution >= 4 is 32.7 Å². The molecule has 0 amide bonds. The summed E-state index contributed by atoms with van der Waals surface area (Å²) in [6.45, 7) is 0. The van der Waals surface area contributed by atoms with Gasteiger partial charge in [0.25, 0.3) is 0 Å². The van der Waals surface area contributed by atoms with E-state index < -0.39 is 5.97 Å². The number of aromatic nitrogens is 1. The molecule has 0 saturated carbocycles. The highest BCUT2D eigenvalue weighted by atomic mass is 32.1. The number of nitrogens with one attached hydrogen (secondary N) is 1. The van der Waals surface area contributed by atoms with E-state index in [0.29, 0.717) is 27.7 Å². The highest BCUT2D eigenvalue weighted by Crippen LogP contribution is 2.42. The second-order valence-corrected chi connectivity index (χ2v) is 4.60. The Balaban J connectivity index is 2.81. The number of nitrogens with zero attached hydrogens (tertiary/aromatic N) is 1. The third kappa shape index (κ3) is 2.17. The predicted octanol–water partition coefficient (Wildman–Crippen LogP) is 2.14. The second-order valence-electron chi connectivity index (χ2n) is 3.60. The van der Waals surface area contributed by atoms with Gasteiger partial charge >= 0.3 is 5.97 Å². The average molecular weight is 282 g/mol. The molecule has 7 heteroatoms. The number of hydrogen-bond acceptors (Lipinski definition) is 7. The first-order valence-electron chi connectivity index (χ1n) is 5.47. The molecular weight excluding hydrogens is 268 g/mol. The van der Waals surface area contributed by atoms with E-state index in [1.807, 2.05) is 0 Å². The van der Waals surface area contributed by atoms with Crippen LogP contribution in [0.3, 0.4) is 0 Å². The maximum Gasteiger partial charge on any atom is 0.340 e. The number of esters is 1. The molecule has 0 fully saturated rings. The van der Waals surface area contributed by atoms with Gasteiger partial charge in [0.2, 0.25) is 0 Å². The molecule has 1 aromatic heterocycles. The summed E-state index contributed by atoms with van der Waals surface area (Å²) in [6.07, 6.45) is 0. The van der Waals surface area contributed by atoms with E-state index in [4.69, 9.17) is 14.2 Å². The number of carbonyl (C=O) groups is 1. The van der Waals surface area contributed by atoms with Gasteiger partial charge in [-0.15, -0.1) is 0 Å². The summed E-state index contributed by atoms with van der Waals surface area (Å²) in [4.78, 5) is 16.2. The zero-order valence-electron chi connectivity index (χ0n) is 11.1. The average Bonchev–Trinajstić information content (AvgIpc) is 2.88. The number of thiazole rings is 1. The third-order valence-electron chi connectivity index (χ3n) is 2.63. The Morgan fingerprint density at radius 2 is 2.05 bits per heavy atom. The molecule has 1 heterocycles. The minimum Gasteiger partial charge on any atom is -0.493 e. The Labute approximate surface area is 114 Å². The number of ether oxygens (including phenoxy) is 3. The van der Waals surface area contributed by atoms with Crippen LogP contribution in [0.1, 0.15) is 10.4 Å². The van der Waals surface area contributed by atoms with Gasteiger partial charge in [0.1, 0.15) is 10.2 Å². The van der Waals surface area contributed by atoms with Crippen LogP contribution in [0.15, 0.2) is 6.07 Å². The fourth-order valence-corrected chi connectivity index (χ4v) is 2.71. The first-order chi connectivity index (χ1) is 9.15. The van der Waals surface area contributed by atoms with Crippen molar-refractivity contribution in [2.45, 2.75) is 0 Å². The molecule has 1 N–H and O–H groups in total. The zero-order valence-corrected chi connectivity index (χ0v) is 11.9. The van der Waals surface area contributed by atoms with Gasteiger partial charge in [0.05, 0.1) is 26.9 Å². The molecule has 0 unspecified atom stereocenters. The van der Waals surface area contributed by atoms with Gasteiger partial charge in [-0.05, 0) is 0 Å². The van der Waals surface area contributed by atoms with Gasteiger partial charge in [-0.2, -0.15) is 0 Å². The molecule has 0 aliphatic rings. The Bertz CT molecular complexity index is 624. The number of fused-ring (bicyclic) bond motifs is 1. The summed E-state index contributed by atoms with van der Waals surface area (Å²) in [6, 6.07) is 1.58. The highest BCUT2D eigenvalue weighted by Gasteiger charge is 2.22. The number of carbonyl (C=O) groups excluding carboxylic acids is 1. The third-order valence-corrected chi connectivity index (χ3v) is 3.70. The van der Waals surface area contributed by atoms with Crippen LogP contribution in [-0.2, 0) is 4.74 Å². The first-order valence-corrected chi connectivity index (χ1v) is 6.29. The van der Waals surface area contributed by atoms with Crippen LogP contribution in [0.5, 0.6) is 11.5 Å². The van der Waals surface area contributed by atoms with Crippen molar-refractivity contribution in [3.63, 3.8) is 0 Å². The highest BCUT2D eigenvalue weighted by molar-refractivity contribution is 7.22. The number of anilines is 1. The standard InChI is InChI=1S/C12H14N2O4S/c1-13-12-14-8-6(11(15)18-4)5-7(16-2)9(17-3)10(8)19-12/h5H,1-4H3,(H,13,14). The number of methoxy groups -OCH3 is 3. The summed E-state index contributed by atoms with van der Waals surface area (Å²) < 4.78 is 16.1. The van der Waals surface area contributed by atoms with E-state index >= 15 is 0 Å². The molecule has 0 bridgehead atoms. The van der Waals surface area contributed by atoms with Gasteiger partial charge in [-0.25, -0.2) is 9.78 Å². The normalized spacial score (nSPS) is 10.3. The van der Waals surface area contributed by atoms with Crippen LogP contribution in [-0.4, -0.2) is 39.3 Å². The minimum absolute atomic E-state index is 0.355. The molecule has 1 aromatic carbocycles. The van der Waals surface area contributed by atoms with Gasteiger partial charge in [-0.1, -0.05) is 11.3 Å². The molecule has 0 aliphatic heterocycles. The van der Waals surface area contributed by atoms with Crippen LogP contribution in [0, 0.1) is 0 Å². The fourth-order valence-electron chi connectivity index (χ4n) is 1.75. The lowest BCUT2D eigenvalue weighted by atomic mass is 10.1. The van der Waals surface area contributed by atoms with Crippen molar-refractivity contribution < 1.29 is 19.0 Å². The van der Waals surface area contributed by atoms with Crippen LogP contribution in [0.2, 0.25) is 0 Å². The number of hydrogen-bond donors (Lipinski definition) is 1. The second kappa shape index (κ2) is 5.31. The quantitative estimate of drug-likeness (QED) is 0.866. The lowest BCUT2D eigenvalue weighted by molar-refractivity contribution is 0.0602. The molecule has 0 atom stereocenters. The summed E-state index contributed by atoms with van der Waals surface area (Å²) >= 11 is 1.39. The monoisotopic (exact) mass is 282 g/mol. The van der Waals surface area contributed by atoms with Crippen LogP contribution >= 0.6 is 11.3 Å². The van der Waals surface area contributed by atoms with Crippen LogP contribution < -0.4 is 14.8 Å². The van der Waals surface area contributed by atoms with Crippen molar-refractivity contribution in [1.82, 2.24) is 4.98 Å². The molecule has 2 rings (SSSR count). The van der Waals surface area contributed by atoms with Crippen molar-refractivity contribution in [2.75, 3.05) is 33.7 Å². The Hall–Kier alpha value is -2.02. The van der Waals surface area contributed by atoms with Crippen molar-refractivity contribution in [1.29, 1.82) is 0 Å². The van der Waals surface area contributed by atoms with Gasteiger partial charge in [0, 0.05) is 13.1 Å².